The average molecular weight is 338 g/mol. The van der Waals surface area contributed by atoms with Crippen molar-refractivity contribution in [3.05, 3.63) is 40.5 Å². The van der Waals surface area contributed by atoms with Crippen LogP contribution in [0.4, 0.5) is 5.69 Å². The number of anilines is 1. The summed E-state index contributed by atoms with van der Waals surface area (Å²) in [6.07, 6.45) is 1.56. The predicted octanol–water partition coefficient (Wildman–Crippen LogP) is 2.33. The molecule has 0 unspecified atom stereocenters. The van der Waals surface area contributed by atoms with Crippen LogP contribution in [0.2, 0.25) is 0 Å². The number of ether oxygens (including phenoxy) is 2. The number of halogens is 1. The van der Waals surface area contributed by atoms with Crippen molar-refractivity contribution in [2.24, 2.45) is 5.73 Å². The third-order valence-electron chi connectivity index (χ3n) is 2.46. The van der Waals surface area contributed by atoms with E-state index in [0.717, 1.165) is 4.47 Å². The molecule has 0 spiro atoms. The third-order valence-corrected chi connectivity index (χ3v) is 2.89. The highest BCUT2D eigenvalue weighted by Crippen LogP contribution is 2.30. The molecular formula is C13H12BrN3O3. The highest BCUT2D eigenvalue weighted by atomic mass is 79.9. The van der Waals surface area contributed by atoms with E-state index in [1.807, 2.05) is 0 Å². The van der Waals surface area contributed by atoms with Crippen LogP contribution in [0.5, 0.6) is 17.4 Å². The summed E-state index contributed by atoms with van der Waals surface area (Å²) in [5.74, 6) is 0.467. The number of nitrogens with two attached hydrogens (primary N) is 2. The van der Waals surface area contributed by atoms with Crippen molar-refractivity contribution >= 4 is 27.5 Å². The van der Waals surface area contributed by atoms with Crippen LogP contribution in [0.25, 0.3) is 0 Å². The number of carbonyl (C=O) groups excluding carboxylic acids is 1. The summed E-state index contributed by atoms with van der Waals surface area (Å²) < 4.78 is 11.4. The van der Waals surface area contributed by atoms with Crippen LogP contribution in [0.1, 0.15) is 10.4 Å². The number of primary amides is 1. The van der Waals surface area contributed by atoms with Gasteiger partial charge >= 0.3 is 0 Å². The quantitative estimate of drug-likeness (QED) is 0.891. The van der Waals surface area contributed by atoms with E-state index in [1.54, 1.807) is 18.3 Å². The van der Waals surface area contributed by atoms with Gasteiger partial charge in [-0.25, -0.2) is 4.98 Å². The van der Waals surface area contributed by atoms with Crippen molar-refractivity contribution < 1.29 is 14.3 Å². The molecule has 7 heteroatoms. The minimum Gasteiger partial charge on any atom is -0.497 e. The topological polar surface area (TPSA) is 100 Å². The molecule has 4 N–H and O–H groups in total. The molecule has 1 aromatic carbocycles. The normalized spacial score (nSPS) is 10.1. The first-order valence-corrected chi connectivity index (χ1v) is 6.36. The smallest absolute Gasteiger partial charge is 0.248 e. The van der Waals surface area contributed by atoms with Crippen molar-refractivity contribution in [3.63, 3.8) is 0 Å². The van der Waals surface area contributed by atoms with E-state index in [2.05, 4.69) is 20.9 Å². The molecule has 6 nitrogen and oxygen atoms in total. The third kappa shape index (κ3) is 3.18. The van der Waals surface area contributed by atoms with Gasteiger partial charge in [0.25, 0.3) is 0 Å². The predicted molar refractivity (Wildman–Crippen MR) is 77.9 cm³/mol. The lowest BCUT2D eigenvalue weighted by Gasteiger charge is -2.10. The van der Waals surface area contributed by atoms with Gasteiger partial charge in [0.1, 0.15) is 11.5 Å². The van der Waals surface area contributed by atoms with Crippen molar-refractivity contribution in [1.82, 2.24) is 4.98 Å². The van der Waals surface area contributed by atoms with Gasteiger partial charge in [-0.3, -0.25) is 4.79 Å². The summed E-state index contributed by atoms with van der Waals surface area (Å²) in [6, 6.07) is 6.29. The van der Waals surface area contributed by atoms with E-state index >= 15 is 0 Å². The summed E-state index contributed by atoms with van der Waals surface area (Å²) >= 11 is 3.26. The van der Waals surface area contributed by atoms with Crippen LogP contribution >= 0.6 is 15.9 Å². The number of nitrogens with zero attached hydrogens (tertiary/aromatic N) is 1. The SMILES string of the molecule is COc1cc(Oc2ncc(Br)cc2N)cc(C(N)=O)c1. The fraction of sp³-hybridized carbons (Fsp3) is 0.0769. The Kier molecular flexibility index (Phi) is 4.09. The summed E-state index contributed by atoms with van der Waals surface area (Å²) in [5, 5.41) is 0. The lowest BCUT2D eigenvalue weighted by atomic mass is 10.2. The molecule has 2 aromatic rings. The molecule has 1 amide bonds. The maximum absolute atomic E-state index is 11.2. The number of rotatable bonds is 4. The molecule has 0 bridgehead atoms. The number of methoxy groups -OCH3 is 1. The van der Waals surface area contributed by atoms with Crippen molar-refractivity contribution in [2.75, 3.05) is 12.8 Å². The van der Waals surface area contributed by atoms with Crippen molar-refractivity contribution in [2.45, 2.75) is 0 Å². The zero-order valence-electron chi connectivity index (χ0n) is 10.6. The number of carbonyl (C=O) groups is 1. The van der Waals surface area contributed by atoms with Crippen LogP contribution in [0.15, 0.2) is 34.9 Å². The molecule has 2 rings (SSSR count). The summed E-state index contributed by atoms with van der Waals surface area (Å²) in [5.41, 5.74) is 11.7. The van der Waals surface area contributed by atoms with Crippen molar-refractivity contribution in [1.29, 1.82) is 0 Å². The van der Waals surface area contributed by atoms with E-state index in [-0.39, 0.29) is 11.4 Å². The van der Waals surface area contributed by atoms with E-state index in [0.29, 0.717) is 17.2 Å². The Morgan fingerprint density at radius 3 is 2.55 bits per heavy atom. The standard InChI is InChI=1S/C13H12BrN3O3/c1-19-9-2-7(12(16)18)3-10(5-9)20-13-11(15)4-8(14)6-17-13/h2-6H,15H2,1H3,(H2,16,18). The number of aromatic nitrogens is 1. The molecule has 1 aromatic heterocycles. The fourth-order valence-electron chi connectivity index (χ4n) is 1.53. The molecule has 0 radical (unpaired) electrons. The molecule has 0 fully saturated rings. The molecule has 0 aliphatic rings. The first-order valence-electron chi connectivity index (χ1n) is 5.57. The number of hydrogen-bond acceptors (Lipinski definition) is 5. The van der Waals surface area contributed by atoms with Gasteiger partial charge in [0.2, 0.25) is 11.8 Å². The first kappa shape index (κ1) is 14.1. The summed E-state index contributed by atoms with van der Waals surface area (Å²) in [4.78, 5) is 15.3. The largest absolute Gasteiger partial charge is 0.497 e. The minimum absolute atomic E-state index is 0.233. The zero-order chi connectivity index (χ0) is 14.7. The second kappa shape index (κ2) is 5.79. The van der Waals surface area contributed by atoms with Gasteiger partial charge in [-0.2, -0.15) is 0 Å². The van der Waals surface area contributed by atoms with Crippen LogP contribution in [-0.4, -0.2) is 18.0 Å². The molecule has 0 aliphatic heterocycles. The van der Waals surface area contributed by atoms with Crippen LogP contribution in [0, 0.1) is 0 Å². The Balaban J connectivity index is 2.37. The molecule has 0 aliphatic carbocycles. The maximum atomic E-state index is 11.2. The van der Waals surface area contributed by atoms with Gasteiger partial charge in [-0.05, 0) is 34.1 Å². The molecule has 0 atom stereocenters. The molecule has 0 saturated carbocycles. The second-order valence-corrected chi connectivity index (χ2v) is 4.83. The lowest BCUT2D eigenvalue weighted by Crippen LogP contribution is -2.11. The van der Waals surface area contributed by atoms with Crippen LogP contribution in [0.3, 0.4) is 0 Å². The summed E-state index contributed by atoms with van der Waals surface area (Å²) in [7, 11) is 1.48. The molecule has 104 valence electrons. The van der Waals surface area contributed by atoms with Gasteiger partial charge in [0, 0.05) is 22.3 Å². The number of pyridine rings is 1. The van der Waals surface area contributed by atoms with Gasteiger partial charge in [0.15, 0.2) is 0 Å². The van der Waals surface area contributed by atoms with E-state index < -0.39 is 5.91 Å². The van der Waals surface area contributed by atoms with E-state index in [9.17, 15) is 4.79 Å². The Morgan fingerprint density at radius 2 is 1.95 bits per heavy atom. The van der Waals surface area contributed by atoms with Crippen LogP contribution in [-0.2, 0) is 0 Å². The number of hydrogen-bond donors (Lipinski definition) is 2. The summed E-state index contributed by atoms with van der Waals surface area (Å²) in [6.45, 7) is 0. The second-order valence-electron chi connectivity index (χ2n) is 3.91. The Hall–Kier alpha value is -2.28. The first-order chi connectivity index (χ1) is 9.49. The number of benzene rings is 1. The fourth-order valence-corrected chi connectivity index (χ4v) is 1.88. The van der Waals surface area contributed by atoms with Gasteiger partial charge in [-0.15, -0.1) is 0 Å². The average Bonchev–Trinajstić information content (AvgIpc) is 2.41. The molecule has 1 heterocycles. The van der Waals surface area contributed by atoms with E-state index in [4.69, 9.17) is 20.9 Å². The highest BCUT2D eigenvalue weighted by molar-refractivity contribution is 9.10. The zero-order valence-corrected chi connectivity index (χ0v) is 12.2. The molecule has 0 saturated heterocycles. The lowest BCUT2D eigenvalue weighted by molar-refractivity contribution is 0.0999. The van der Waals surface area contributed by atoms with Gasteiger partial charge in [-0.1, -0.05) is 0 Å². The van der Waals surface area contributed by atoms with Gasteiger partial charge in [0.05, 0.1) is 12.8 Å². The van der Waals surface area contributed by atoms with Crippen LogP contribution < -0.4 is 20.9 Å². The minimum atomic E-state index is -0.578. The molecule has 20 heavy (non-hydrogen) atoms. The number of amides is 1. The maximum Gasteiger partial charge on any atom is 0.248 e. The Labute approximate surface area is 123 Å². The number of nitrogen functional groups attached to an aromatic ring is 1. The Morgan fingerprint density at radius 1 is 1.25 bits per heavy atom. The van der Waals surface area contributed by atoms with Gasteiger partial charge < -0.3 is 20.9 Å². The highest BCUT2D eigenvalue weighted by Gasteiger charge is 2.10. The Bertz CT molecular complexity index is 661. The monoisotopic (exact) mass is 337 g/mol. The molecular weight excluding hydrogens is 326 g/mol. The van der Waals surface area contributed by atoms with E-state index in [1.165, 1.54) is 19.2 Å². The van der Waals surface area contributed by atoms with Crippen molar-refractivity contribution in [3.8, 4) is 17.4 Å².